The molecule has 0 aliphatic rings. The lowest BCUT2D eigenvalue weighted by atomic mass is 10.3. The lowest BCUT2D eigenvalue weighted by Crippen LogP contribution is -2.10. The normalized spacial score (nSPS) is 11.2. The van der Waals surface area contributed by atoms with Crippen molar-refractivity contribution in [1.29, 1.82) is 0 Å². The second kappa shape index (κ2) is 2.77. The predicted molar refractivity (Wildman–Crippen MR) is 59.1 cm³/mol. The summed E-state index contributed by atoms with van der Waals surface area (Å²) >= 11 is 1.40. The number of aromatic nitrogens is 3. The predicted octanol–water partition coefficient (Wildman–Crippen LogP) is 0.886. The molecule has 0 fully saturated rings. The van der Waals surface area contributed by atoms with Crippen LogP contribution in [0.2, 0.25) is 0 Å². The molecule has 0 spiro atoms. The molecule has 0 saturated carbocycles. The molecule has 3 heterocycles. The Morgan fingerprint density at radius 3 is 3.20 bits per heavy atom. The fourth-order valence-electron chi connectivity index (χ4n) is 1.48. The Kier molecular flexibility index (Phi) is 1.54. The van der Waals surface area contributed by atoms with Gasteiger partial charge in [-0.1, -0.05) is 0 Å². The van der Waals surface area contributed by atoms with Gasteiger partial charge in [0.2, 0.25) is 0 Å². The van der Waals surface area contributed by atoms with Gasteiger partial charge in [-0.15, -0.1) is 11.3 Å². The molecule has 3 aromatic heterocycles. The highest BCUT2D eigenvalue weighted by Gasteiger charge is 2.06. The van der Waals surface area contributed by atoms with E-state index in [1.165, 1.54) is 17.5 Å². The number of nitrogens with zero attached hydrogens (tertiary/aromatic N) is 3. The Labute approximate surface area is 87.8 Å². The smallest absolute Gasteiger partial charge is 0.283 e. The summed E-state index contributed by atoms with van der Waals surface area (Å²) in [5.41, 5.74) is 6.36. The highest BCUT2D eigenvalue weighted by atomic mass is 32.1. The summed E-state index contributed by atoms with van der Waals surface area (Å²) in [4.78, 5) is 20.4. The van der Waals surface area contributed by atoms with Crippen molar-refractivity contribution in [1.82, 2.24) is 14.4 Å². The van der Waals surface area contributed by atoms with Crippen LogP contribution in [-0.4, -0.2) is 14.4 Å². The van der Waals surface area contributed by atoms with Gasteiger partial charge >= 0.3 is 0 Å². The second-order valence-electron chi connectivity index (χ2n) is 3.11. The molecule has 5 nitrogen and oxygen atoms in total. The number of anilines is 1. The molecule has 0 atom stereocenters. The summed E-state index contributed by atoms with van der Waals surface area (Å²) < 4.78 is 1.78. The van der Waals surface area contributed by atoms with E-state index >= 15 is 0 Å². The second-order valence-corrected chi connectivity index (χ2v) is 3.99. The maximum absolute atomic E-state index is 11.6. The van der Waals surface area contributed by atoms with Crippen LogP contribution >= 0.6 is 11.3 Å². The molecule has 3 rings (SSSR count). The van der Waals surface area contributed by atoms with E-state index in [9.17, 15) is 4.79 Å². The Bertz CT molecular complexity index is 715. The monoisotopic (exact) mass is 218 g/mol. The van der Waals surface area contributed by atoms with Crippen LogP contribution in [0.5, 0.6) is 0 Å². The number of hydrogen-bond acceptors (Lipinski definition) is 5. The van der Waals surface area contributed by atoms with Gasteiger partial charge < -0.3 is 5.73 Å². The number of hydrogen-bond donors (Lipinski definition) is 1. The Morgan fingerprint density at radius 2 is 2.33 bits per heavy atom. The molecule has 0 aliphatic carbocycles. The summed E-state index contributed by atoms with van der Waals surface area (Å²) in [5.74, 6) is 0. The first-order valence-corrected chi connectivity index (χ1v) is 5.15. The van der Waals surface area contributed by atoms with Crippen LogP contribution in [0.1, 0.15) is 0 Å². The van der Waals surface area contributed by atoms with Crippen LogP contribution in [0.3, 0.4) is 0 Å². The summed E-state index contributed by atoms with van der Waals surface area (Å²) in [6.45, 7) is 0. The third kappa shape index (κ3) is 1.11. The highest BCUT2D eigenvalue weighted by Crippen LogP contribution is 2.15. The molecule has 15 heavy (non-hydrogen) atoms. The Morgan fingerprint density at radius 1 is 1.47 bits per heavy atom. The van der Waals surface area contributed by atoms with E-state index in [0.717, 1.165) is 0 Å². The average molecular weight is 218 g/mol. The lowest BCUT2D eigenvalue weighted by molar-refractivity contribution is 1.13. The van der Waals surface area contributed by atoms with E-state index in [2.05, 4.69) is 9.97 Å². The molecule has 74 valence electrons. The molecule has 0 aliphatic heterocycles. The zero-order valence-corrected chi connectivity index (χ0v) is 8.36. The minimum Gasteiger partial charge on any atom is -0.397 e. The van der Waals surface area contributed by atoms with Crippen molar-refractivity contribution in [2.24, 2.45) is 0 Å². The number of fused-ring (bicyclic) bond motifs is 3. The van der Waals surface area contributed by atoms with E-state index in [0.29, 0.717) is 21.7 Å². The van der Waals surface area contributed by atoms with Gasteiger partial charge in [0.25, 0.3) is 5.56 Å². The van der Waals surface area contributed by atoms with Crippen molar-refractivity contribution in [3.05, 3.63) is 34.2 Å². The van der Waals surface area contributed by atoms with Gasteiger partial charge in [0.15, 0.2) is 10.6 Å². The minimum atomic E-state index is -0.285. The van der Waals surface area contributed by atoms with E-state index < -0.39 is 0 Å². The SMILES string of the molecule is Nc1cnc2c(c1)c(=O)nc1sccn12. The molecule has 3 aromatic rings. The van der Waals surface area contributed by atoms with Crippen molar-refractivity contribution in [2.45, 2.75) is 0 Å². The van der Waals surface area contributed by atoms with Crippen molar-refractivity contribution < 1.29 is 0 Å². The number of rotatable bonds is 0. The van der Waals surface area contributed by atoms with E-state index in [1.807, 2.05) is 11.6 Å². The molecule has 0 amide bonds. The van der Waals surface area contributed by atoms with Gasteiger partial charge in [0, 0.05) is 11.6 Å². The van der Waals surface area contributed by atoms with Crippen molar-refractivity contribution in [3.8, 4) is 0 Å². The first-order valence-electron chi connectivity index (χ1n) is 4.27. The number of nitrogen functional groups attached to an aromatic ring is 1. The molecule has 0 saturated heterocycles. The zero-order chi connectivity index (χ0) is 10.4. The molecule has 6 heteroatoms. The highest BCUT2D eigenvalue weighted by molar-refractivity contribution is 7.15. The molecular formula is C9H6N4OS. The standard InChI is InChI=1S/C9H6N4OS/c10-5-3-6-7(11-4-5)13-1-2-15-9(13)12-8(6)14/h1-4H,10H2. The topological polar surface area (TPSA) is 73.3 Å². The van der Waals surface area contributed by atoms with Crippen LogP contribution < -0.4 is 11.3 Å². The first kappa shape index (κ1) is 8.37. The van der Waals surface area contributed by atoms with Crippen molar-refractivity contribution in [2.75, 3.05) is 5.73 Å². The lowest BCUT2D eigenvalue weighted by Gasteiger charge is -1.99. The molecule has 0 bridgehead atoms. The Hall–Kier alpha value is -1.95. The van der Waals surface area contributed by atoms with Crippen LogP contribution in [0.15, 0.2) is 28.6 Å². The molecule has 0 aromatic carbocycles. The zero-order valence-electron chi connectivity index (χ0n) is 7.54. The number of thiazole rings is 1. The van der Waals surface area contributed by atoms with Crippen LogP contribution in [0.25, 0.3) is 16.0 Å². The largest absolute Gasteiger partial charge is 0.397 e. The maximum atomic E-state index is 11.6. The van der Waals surface area contributed by atoms with E-state index in [4.69, 9.17) is 5.73 Å². The van der Waals surface area contributed by atoms with Crippen molar-refractivity contribution >= 4 is 33.0 Å². The maximum Gasteiger partial charge on any atom is 0.283 e. The van der Waals surface area contributed by atoms with E-state index in [1.54, 1.807) is 10.5 Å². The Balaban J connectivity index is 2.67. The third-order valence-corrected chi connectivity index (χ3v) is 2.89. The van der Waals surface area contributed by atoms with Gasteiger partial charge in [0.1, 0.15) is 0 Å². The first-order chi connectivity index (χ1) is 7.25. The average Bonchev–Trinajstić information content (AvgIpc) is 2.66. The third-order valence-electron chi connectivity index (χ3n) is 2.13. The summed E-state index contributed by atoms with van der Waals surface area (Å²) in [6.07, 6.45) is 3.36. The molecule has 2 N–H and O–H groups in total. The summed E-state index contributed by atoms with van der Waals surface area (Å²) in [6, 6.07) is 1.60. The quantitative estimate of drug-likeness (QED) is 0.608. The fourth-order valence-corrected chi connectivity index (χ4v) is 2.19. The fraction of sp³-hybridized carbons (Fsp3) is 0. The van der Waals surface area contributed by atoms with Crippen LogP contribution in [-0.2, 0) is 0 Å². The number of nitrogens with two attached hydrogens (primary N) is 1. The van der Waals surface area contributed by atoms with Gasteiger partial charge in [-0.2, -0.15) is 4.98 Å². The number of pyridine rings is 1. The van der Waals surface area contributed by atoms with Crippen LogP contribution in [0.4, 0.5) is 5.69 Å². The molecule has 0 radical (unpaired) electrons. The van der Waals surface area contributed by atoms with Crippen LogP contribution in [0, 0.1) is 0 Å². The van der Waals surface area contributed by atoms with Gasteiger partial charge in [0.05, 0.1) is 17.3 Å². The van der Waals surface area contributed by atoms with Gasteiger partial charge in [-0.3, -0.25) is 9.20 Å². The summed E-state index contributed by atoms with van der Waals surface area (Å²) in [7, 11) is 0. The van der Waals surface area contributed by atoms with Gasteiger partial charge in [-0.25, -0.2) is 4.98 Å². The molecular weight excluding hydrogens is 212 g/mol. The van der Waals surface area contributed by atoms with E-state index in [-0.39, 0.29) is 5.56 Å². The van der Waals surface area contributed by atoms with Crippen molar-refractivity contribution in [3.63, 3.8) is 0 Å². The van der Waals surface area contributed by atoms with Gasteiger partial charge in [-0.05, 0) is 6.07 Å². The minimum absolute atomic E-state index is 0.285. The summed E-state index contributed by atoms with van der Waals surface area (Å²) in [5, 5.41) is 2.31. The molecule has 0 unspecified atom stereocenters.